The van der Waals surface area contributed by atoms with Gasteiger partial charge in [0.05, 0.1) is 18.1 Å². The lowest BCUT2D eigenvalue weighted by molar-refractivity contribution is 0.102. The molecule has 2 fully saturated rings. The molecule has 0 radical (unpaired) electrons. The molecule has 1 saturated heterocycles. The summed E-state index contributed by atoms with van der Waals surface area (Å²) >= 11 is 0. The number of piperidine rings is 1. The van der Waals surface area contributed by atoms with Crippen molar-refractivity contribution in [1.82, 2.24) is 5.32 Å². The minimum atomic E-state index is -3.37. The van der Waals surface area contributed by atoms with Crippen LogP contribution in [0.25, 0.3) is 0 Å². The van der Waals surface area contributed by atoms with E-state index in [1.807, 2.05) is 0 Å². The van der Waals surface area contributed by atoms with Gasteiger partial charge in [-0.3, -0.25) is 0 Å². The van der Waals surface area contributed by atoms with Crippen LogP contribution in [0.3, 0.4) is 0 Å². The van der Waals surface area contributed by atoms with Crippen molar-refractivity contribution in [3.05, 3.63) is 29.6 Å². The molecule has 1 aromatic carbocycles. The smallest absolute Gasteiger partial charge is 0.175 e. The van der Waals surface area contributed by atoms with Crippen molar-refractivity contribution in [2.75, 3.05) is 26.0 Å². The standard InChI is InChI=1S/C17H24FNO3S/c1-23(20,21)15-3-2-13(17(18)9-15)10-22-11-14-8-16(14)12-4-6-19-7-5-12/h2-3,9,12,14,16,19H,4-8,10-11H2,1H3/t14-,16+/m0/s1. The summed E-state index contributed by atoms with van der Waals surface area (Å²) in [5.41, 5.74) is 0.413. The van der Waals surface area contributed by atoms with Crippen molar-refractivity contribution in [2.45, 2.75) is 30.8 Å². The Morgan fingerprint density at radius 3 is 2.70 bits per heavy atom. The number of hydrogen-bond acceptors (Lipinski definition) is 4. The average molecular weight is 341 g/mol. The molecule has 0 bridgehead atoms. The second kappa shape index (κ2) is 6.87. The first-order valence-electron chi connectivity index (χ1n) is 8.22. The van der Waals surface area contributed by atoms with Crippen LogP contribution in [-0.2, 0) is 21.2 Å². The molecule has 1 aliphatic carbocycles. The van der Waals surface area contributed by atoms with Gasteiger partial charge in [-0.2, -0.15) is 0 Å². The number of nitrogens with one attached hydrogen (secondary N) is 1. The molecular weight excluding hydrogens is 317 g/mol. The van der Waals surface area contributed by atoms with Gasteiger partial charge in [0, 0.05) is 11.8 Å². The Morgan fingerprint density at radius 2 is 2.04 bits per heavy atom. The van der Waals surface area contributed by atoms with Gasteiger partial charge < -0.3 is 10.1 Å². The highest BCUT2D eigenvalue weighted by Crippen LogP contribution is 2.47. The molecule has 1 aliphatic heterocycles. The lowest BCUT2D eigenvalue weighted by Gasteiger charge is -2.22. The van der Waals surface area contributed by atoms with Gasteiger partial charge in [0.1, 0.15) is 5.82 Å². The Balaban J connectivity index is 1.46. The van der Waals surface area contributed by atoms with Crippen LogP contribution in [0, 0.1) is 23.6 Å². The predicted molar refractivity (Wildman–Crippen MR) is 86.4 cm³/mol. The van der Waals surface area contributed by atoms with Crippen LogP contribution in [0.5, 0.6) is 0 Å². The van der Waals surface area contributed by atoms with Crippen LogP contribution < -0.4 is 5.32 Å². The molecule has 0 spiro atoms. The van der Waals surface area contributed by atoms with E-state index < -0.39 is 15.7 Å². The van der Waals surface area contributed by atoms with Crippen LogP contribution in [0.1, 0.15) is 24.8 Å². The normalized spacial score (nSPS) is 25.5. The van der Waals surface area contributed by atoms with Gasteiger partial charge >= 0.3 is 0 Å². The van der Waals surface area contributed by atoms with E-state index in [1.54, 1.807) is 0 Å². The fraction of sp³-hybridized carbons (Fsp3) is 0.647. The summed E-state index contributed by atoms with van der Waals surface area (Å²) in [6, 6.07) is 4.01. The molecule has 1 aromatic rings. The molecule has 0 aromatic heterocycles. The minimum absolute atomic E-state index is 0.00640. The van der Waals surface area contributed by atoms with E-state index in [4.69, 9.17) is 4.74 Å². The molecule has 6 heteroatoms. The zero-order chi connectivity index (χ0) is 16.4. The first-order valence-corrected chi connectivity index (χ1v) is 10.1. The third-order valence-corrected chi connectivity index (χ3v) is 6.12. The SMILES string of the molecule is CS(=O)(=O)c1ccc(COC[C@@H]2C[C@@H]2C2CCNCC2)c(F)c1. The molecular formula is C17H24FNO3S. The Labute approximate surface area is 137 Å². The molecule has 0 amide bonds. The van der Waals surface area contributed by atoms with E-state index >= 15 is 0 Å². The summed E-state index contributed by atoms with van der Waals surface area (Å²) in [6.45, 7) is 3.10. The van der Waals surface area contributed by atoms with Gasteiger partial charge in [-0.15, -0.1) is 0 Å². The summed E-state index contributed by atoms with van der Waals surface area (Å²) in [7, 11) is -3.37. The molecule has 23 heavy (non-hydrogen) atoms. The number of ether oxygens (including phenoxy) is 1. The maximum Gasteiger partial charge on any atom is 0.175 e. The molecule has 2 atom stereocenters. The summed E-state index contributed by atoms with van der Waals surface area (Å²) in [4.78, 5) is 0.00640. The second-order valence-corrected chi connectivity index (χ2v) is 8.80. The summed E-state index contributed by atoms with van der Waals surface area (Å²) < 4.78 is 42.4. The lowest BCUT2D eigenvalue weighted by atomic mass is 9.92. The van der Waals surface area contributed by atoms with Crippen molar-refractivity contribution in [1.29, 1.82) is 0 Å². The van der Waals surface area contributed by atoms with Crippen LogP contribution in [0.4, 0.5) is 4.39 Å². The largest absolute Gasteiger partial charge is 0.376 e. The topological polar surface area (TPSA) is 55.4 Å². The zero-order valence-electron chi connectivity index (χ0n) is 13.4. The highest BCUT2D eigenvalue weighted by molar-refractivity contribution is 7.90. The number of rotatable bonds is 6. The van der Waals surface area contributed by atoms with Gasteiger partial charge in [-0.25, -0.2) is 12.8 Å². The molecule has 3 rings (SSSR count). The maximum absolute atomic E-state index is 13.9. The van der Waals surface area contributed by atoms with E-state index in [1.165, 1.54) is 31.4 Å². The lowest BCUT2D eigenvalue weighted by Crippen LogP contribution is -2.29. The van der Waals surface area contributed by atoms with Gasteiger partial charge in [0.2, 0.25) is 0 Å². The Morgan fingerprint density at radius 1 is 1.30 bits per heavy atom. The third kappa shape index (κ3) is 4.31. The molecule has 128 valence electrons. The summed E-state index contributed by atoms with van der Waals surface area (Å²) in [5.74, 6) is 1.68. The molecule has 0 unspecified atom stereocenters. The molecule has 1 saturated carbocycles. The fourth-order valence-electron chi connectivity index (χ4n) is 3.51. The van der Waals surface area contributed by atoms with Crippen molar-refractivity contribution in [3.8, 4) is 0 Å². The number of halogens is 1. The minimum Gasteiger partial charge on any atom is -0.376 e. The Kier molecular flexibility index (Phi) is 5.04. The highest BCUT2D eigenvalue weighted by atomic mass is 32.2. The molecule has 1 N–H and O–H groups in total. The van der Waals surface area contributed by atoms with Gasteiger partial charge in [-0.05, 0) is 62.2 Å². The summed E-state index contributed by atoms with van der Waals surface area (Å²) in [5, 5.41) is 3.38. The average Bonchev–Trinajstić information content (AvgIpc) is 3.28. The van der Waals surface area contributed by atoms with E-state index in [9.17, 15) is 12.8 Å². The van der Waals surface area contributed by atoms with Gasteiger partial charge in [-0.1, -0.05) is 6.07 Å². The first kappa shape index (κ1) is 16.9. The Bertz CT molecular complexity index is 656. The van der Waals surface area contributed by atoms with Crippen molar-refractivity contribution in [2.24, 2.45) is 17.8 Å². The monoisotopic (exact) mass is 341 g/mol. The van der Waals surface area contributed by atoms with Gasteiger partial charge in [0.15, 0.2) is 9.84 Å². The van der Waals surface area contributed by atoms with E-state index in [2.05, 4.69) is 5.32 Å². The number of hydrogen-bond donors (Lipinski definition) is 1. The van der Waals surface area contributed by atoms with E-state index in [0.717, 1.165) is 37.2 Å². The first-order chi connectivity index (χ1) is 10.9. The Hall–Kier alpha value is -0.980. The third-order valence-electron chi connectivity index (χ3n) is 5.01. The fourth-order valence-corrected chi connectivity index (χ4v) is 4.14. The van der Waals surface area contributed by atoms with E-state index in [-0.39, 0.29) is 11.5 Å². The van der Waals surface area contributed by atoms with Crippen LogP contribution in [-0.4, -0.2) is 34.4 Å². The van der Waals surface area contributed by atoms with Crippen molar-refractivity contribution >= 4 is 9.84 Å². The summed E-state index contributed by atoms with van der Waals surface area (Å²) in [6.07, 6.45) is 4.80. The molecule has 4 nitrogen and oxygen atoms in total. The van der Waals surface area contributed by atoms with Gasteiger partial charge in [0.25, 0.3) is 0 Å². The highest BCUT2D eigenvalue weighted by Gasteiger charge is 2.42. The van der Waals surface area contributed by atoms with Crippen LogP contribution >= 0.6 is 0 Å². The van der Waals surface area contributed by atoms with E-state index in [0.29, 0.717) is 18.1 Å². The zero-order valence-corrected chi connectivity index (χ0v) is 14.2. The molecule has 1 heterocycles. The van der Waals surface area contributed by atoms with Crippen LogP contribution in [0.15, 0.2) is 23.1 Å². The van der Waals surface area contributed by atoms with Crippen molar-refractivity contribution < 1.29 is 17.5 Å². The van der Waals surface area contributed by atoms with Crippen LogP contribution in [0.2, 0.25) is 0 Å². The second-order valence-electron chi connectivity index (χ2n) is 6.79. The quantitative estimate of drug-likeness (QED) is 0.863. The number of sulfone groups is 1. The maximum atomic E-state index is 13.9. The number of benzene rings is 1. The van der Waals surface area contributed by atoms with Crippen molar-refractivity contribution in [3.63, 3.8) is 0 Å². The molecule has 2 aliphatic rings. The predicted octanol–water partition coefficient (Wildman–Crippen LogP) is 2.38.